The zero-order chi connectivity index (χ0) is 19.8. The summed E-state index contributed by atoms with van der Waals surface area (Å²) in [5.41, 5.74) is 1.25. The molecule has 1 saturated heterocycles. The topological polar surface area (TPSA) is 58.6 Å². The highest BCUT2D eigenvalue weighted by Gasteiger charge is 2.40. The van der Waals surface area contributed by atoms with Crippen molar-refractivity contribution in [3.8, 4) is 0 Å². The average molecular weight is 378 g/mol. The minimum absolute atomic E-state index is 0.00214. The molecule has 0 saturated carbocycles. The van der Waals surface area contributed by atoms with Crippen molar-refractivity contribution in [2.75, 3.05) is 13.1 Å². The van der Waals surface area contributed by atoms with Gasteiger partial charge in [-0.2, -0.15) is 0 Å². The zero-order valence-corrected chi connectivity index (χ0v) is 16.1. The molecule has 1 N–H and O–H groups in total. The van der Waals surface area contributed by atoms with Crippen molar-refractivity contribution in [1.82, 2.24) is 10.2 Å². The van der Waals surface area contributed by atoms with E-state index in [0.29, 0.717) is 32.5 Å². The SMILES string of the molecule is CC=CC(=O)N1CCC(OC(=O)NCc2ccccc2)(c2ccccc2)CC1. The monoisotopic (exact) mass is 378 g/mol. The average Bonchev–Trinajstić information content (AvgIpc) is 2.74. The predicted octanol–water partition coefficient (Wildman–Crippen LogP) is 4.01. The molecule has 2 amide bonds. The molecule has 0 aliphatic carbocycles. The molecule has 0 atom stereocenters. The lowest BCUT2D eigenvalue weighted by Crippen LogP contribution is -2.48. The minimum atomic E-state index is -0.727. The van der Waals surface area contributed by atoms with Gasteiger partial charge in [0.2, 0.25) is 5.91 Å². The minimum Gasteiger partial charge on any atom is -0.438 e. The molecule has 1 aliphatic rings. The first-order valence-electron chi connectivity index (χ1n) is 9.61. The summed E-state index contributed by atoms with van der Waals surface area (Å²) in [7, 11) is 0. The summed E-state index contributed by atoms with van der Waals surface area (Å²) in [5, 5.41) is 2.84. The lowest BCUT2D eigenvalue weighted by Gasteiger charge is -2.41. The van der Waals surface area contributed by atoms with E-state index in [0.717, 1.165) is 11.1 Å². The Morgan fingerprint density at radius 2 is 1.64 bits per heavy atom. The fraction of sp³-hybridized carbons (Fsp3) is 0.304. The van der Waals surface area contributed by atoms with Crippen LogP contribution >= 0.6 is 0 Å². The number of allylic oxidation sites excluding steroid dienone is 1. The van der Waals surface area contributed by atoms with Crippen molar-refractivity contribution >= 4 is 12.0 Å². The Labute approximate surface area is 166 Å². The largest absolute Gasteiger partial charge is 0.438 e. The van der Waals surface area contributed by atoms with Crippen LogP contribution < -0.4 is 5.32 Å². The first-order chi connectivity index (χ1) is 13.6. The summed E-state index contributed by atoms with van der Waals surface area (Å²) in [5.74, 6) is -0.00214. The lowest BCUT2D eigenvalue weighted by molar-refractivity contribution is -0.130. The fourth-order valence-electron chi connectivity index (χ4n) is 3.51. The summed E-state index contributed by atoms with van der Waals surface area (Å²) in [4.78, 5) is 26.5. The van der Waals surface area contributed by atoms with E-state index in [-0.39, 0.29) is 5.91 Å². The van der Waals surface area contributed by atoms with Crippen LogP contribution in [0.5, 0.6) is 0 Å². The maximum atomic E-state index is 12.6. The summed E-state index contributed by atoms with van der Waals surface area (Å²) in [6, 6.07) is 19.5. The molecule has 2 aromatic rings. The highest BCUT2D eigenvalue weighted by atomic mass is 16.6. The Morgan fingerprint density at radius 1 is 1.04 bits per heavy atom. The summed E-state index contributed by atoms with van der Waals surface area (Å²) >= 11 is 0. The second kappa shape index (κ2) is 9.22. The van der Waals surface area contributed by atoms with E-state index in [1.54, 1.807) is 17.1 Å². The number of hydrogen-bond donors (Lipinski definition) is 1. The van der Waals surface area contributed by atoms with E-state index in [9.17, 15) is 9.59 Å². The number of benzene rings is 2. The third kappa shape index (κ3) is 4.80. The van der Waals surface area contributed by atoms with Crippen LogP contribution in [0.25, 0.3) is 0 Å². The molecule has 1 aliphatic heterocycles. The maximum Gasteiger partial charge on any atom is 0.408 e. The van der Waals surface area contributed by atoms with Gasteiger partial charge in [-0.05, 0) is 24.1 Å². The number of alkyl carbamates (subject to hydrolysis) is 1. The van der Waals surface area contributed by atoms with Gasteiger partial charge < -0.3 is 15.0 Å². The molecule has 1 fully saturated rings. The summed E-state index contributed by atoms with van der Waals surface area (Å²) < 4.78 is 5.97. The third-order valence-electron chi connectivity index (χ3n) is 5.06. The summed E-state index contributed by atoms with van der Waals surface area (Å²) in [6.45, 7) is 3.33. The molecule has 28 heavy (non-hydrogen) atoms. The summed E-state index contributed by atoms with van der Waals surface area (Å²) in [6.07, 6.45) is 4.01. The van der Waals surface area contributed by atoms with Crippen molar-refractivity contribution in [3.63, 3.8) is 0 Å². The lowest BCUT2D eigenvalue weighted by atomic mass is 9.84. The molecule has 0 spiro atoms. The molecule has 1 heterocycles. The molecule has 3 rings (SSSR count). The van der Waals surface area contributed by atoms with Gasteiger partial charge in [-0.3, -0.25) is 4.79 Å². The number of amides is 2. The molecule has 0 bridgehead atoms. The number of likely N-dealkylation sites (tertiary alicyclic amines) is 1. The van der Waals surface area contributed by atoms with Crippen molar-refractivity contribution in [2.24, 2.45) is 0 Å². The highest BCUT2D eigenvalue weighted by molar-refractivity contribution is 5.87. The molecule has 0 radical (unpaired) electrons. The highest BCUT2D eigenvalue weighted by Crippen LogP contribution is 2.37. The first-order valence-corrected chi connectivity index (χ1v) is 9.61. The van der Waals surface area contributed by atoms with Gasteiger partial charge in [-0.25, -0.2) is 4.79 Å². The Balaban J connectivity index is 1.70. The molecule has 2 aromatic carbocycles. The smallest absolute Gasteiger partial charge is 0.408 e. The van der Waals surface area contributed by atoms with Crippen molar-refractivity contribution < 1.29 is 14.3 Å². The van der Waals surface area contributed by atoms with Crippen LogP contribution in [-0.4, -0.2) is 30.0 Å². The number of nitrogens with one attached hydrogen (secondary N) is 1. The second-order valence-corrected chi connectivity index (χ2v) is 6.91. The molecule has 0 aromatic heterocycles. The number of ether oxygens (including phenoxy) is 1. The Morgan fingerprint density at radius 3 is 2.25 bits per heavy atom. The van der Waals surface area contributed by atoms with Crippen LogP contribution in [0.2, 0.25) is 0 Å². The van der Waals surface area contributed by atoms with E-state index in [2.05, 4.69) is 5.32 Å². The molecular formula is C23H26N2O3. The fourth-order valence-corrected chi connectivity index (χ4v) is 3.51. The first kappa shape index (κ1) is 19.7. The van der Waals surface area contributed by atoms with Gasteiger partial charge in [-0.15, -0.1) is 0 Å². The van der Waals surface area contributed by atoms with Crippen LogP contribution in [0.15, 0.2) is 72.8 Å². The Kier molecular flexibility index (Phi) is 6.48. The van der Waals surface area contributed by atoms with Crippen LogP contribution in [0.4, 0.5) is 4.79 Å². The van der Waals surface area contributed by atoms with Gasteiger partial charge in [0.15, 0.2) is 0 Å². The molecule has 5 nitrogen and oxygen atoms in total. The van der Waals surface area contributed by atoms with Crippen LogP contribution in [0.3, 0.4) is 0 Å². The Hall–Kier alpha value is -3.08. The quantitative estimate of drug-likeness (QED) is 0.800. The van der Waals surface area contributed by atoms with Crippen LogP contribution in [0.1, 0.15) is 30.9 Å². The van der Waals surface area contributed by atoms with Gasteiger partial charge >= 0.3 is 6.09 Å². The van der Waals surface area contributed by atoms with Crippen LogP contribution in [-0.2, 0) is 21.7 Å². The number of carbonyl (C=O) groups excluding carboxylic acids is 2. The van der Waals surface area contributed by atoms with Gasteiger partial charge in [0.05, 0.1) is 0 Å². The van der Waals surface area contributed by atoms with Crippen molar-refractivity contribution in [2.45, 2.75) is 31.9 Å². The van der Waals surface area contributed by atoms with E-state index >= 15 is 0 Å². The van der Waals surface area contributed by atoms with E-state index < -0.39 is 11.7 Å². The van der Waals surface area contributed by atoms with Crippen molar-refractivity contribution in [1.29, 1.82) is 0 Å². The van der Waals surface area contributed by atoms with E-state index in [1.165, 1.54) is 0 Å². The number of rotatable bonds is 5. The van der Waals surface area contributed by atoms with Gasteiger partial charge in [0, 0.05) is 32.5 Å². The van der Waals surface area contributed by atoms with Gasteiger partial charge in [-0.1, -0.05) is 66.7 Å². The van der Waals surface area contributed by atoms with Crippen LogP contribution in [0, 0.1) is 0 Å². The Bertz CT molecular complexity index is 810. The molecule has 5 heteroatoms. The number of nitrogens with zero attached hydrogens (tertiary/aromatic N) is 1. The van der Waals surface area contributed by atoms with Crippen molar-refractivity contribution in [3.05, 3.63) is 83.9 Å². The normalized spacial score (nSPS) is 16.0. The third-order valence-corrected chi connectivity index (χ3v) is 5.06. The molecular weight excluding hydrogens is 352 g/mol. The molecule has 146 valence electrons. The standard InChI is InChI=1S/C23H26N2O3/c1-2-9-21(26)25-16-14-23(15-17-25,20-12-7-4-8-13-20)28-22(27)24-18-19-10-5-3-6-11-19/h2-13H,14-18H2,1H3,(H,24,27). The van der Waals surface area contributed by atoms with Gasteiger partial charge in [0.25, 0.3) is 0 Å². The number of hydrogen-bond acceptors (Lipinski definition) is 3. The maximum absolute atomic E-state index is 12.6. The van der Waals surface area contributed by atoms with Gasteiger partial charge in [0.1, 0.15) is 5.60 Å². The van der Waals surface area contributed by atoms with E-state index in [4.69, 9.17) is 4.74 Å². The zero-order valence-electron chi connectivity index (χ0n) is 16.1. The van der Waals surface area contributed by atoms with E-state index in [1.807, 2.05) is 67.6 Å². The number of piperidine rings is 1. The molecule has 0 unspecified atom stereocenters. The second-order valence-electron chi connectivity index (χ2n) is 6.91. The number of carbonyl (C=O) groups is 2. The predicted molar refractivity (Wildman–Crippen MR) is 109 cm³/mol.